The van der Waals surface area contributed by atoms with E-state index in [1.807, 2.05) is 25.3 Å². The molecule has 24 heavy (non-hydrogen) atoms. The molecule has 3 rings (SSSR count). The van der Waals surface area contributed by atoms with Crippen LogP contribution in [0.4, 0.5) is 0 Å². The fraction of sp³-hybridized carbons (Fsp3) is 0.368. The molecule has 2 aromatic rings. The number of nitrogens with one attached hydrogen (secondary N) is 3. The van der Waals surface area contributed by atoms with E-state index in [4.69, 9.17) is 0 Å². The second-order valence-corrected chi connectivity index (χ2v) is 6.11. The summed E-state index contributed by atoms with van der Waals surface area (Å²) < 4.78 is 0. The molecular weight excluding hydrogens is 302 g/mol. The summed E-state index contributed by atoms with van der Waals surface area (Å²) in [5.74, 6) is -0.142. The first-order valence-electron chi connectivity index (χ1n) is 8.53. The fourth-order valence-electron chi connectivity index (χ4n) is 3.13. The van der Waals surface area contributed by atoms with Crippen molar-refractivity contribution in [3.8, 4) is 0 Å². The first-order chi connectivity index (χ1) is 11.7. The number of hydrogen-bond donors (Lipinski definition) is 3. The van der Waals surface area contributed by atoms with Crippen LogP contribution in [-0.4, -0.2) is 23.3 Å². The predicted molar refractivity (Wildman–Crippen MR) is 93.1 cm³/mol. The van der Waals surface area contributed by atoms with Gasteiger partial charge in [-0.2, -0.15) is 0 Å². The summed E-state index contributed by atoms with van der Waals surface area (Å²) in [7, 11) is 0. The van der Waals surface area contributed by atoms with Crippen LogP contribution in [0.1, 0.15) is 57.3 Å². The molecule has 126 valence electrons. The summed E-state index contributed by atoms with van der Waals surface area (Å²) in [6, 6.07) is 7.30. The molecule has 5 heteroatoms. The number of aromatic nitrogens is 1. The van der Waals surface area contributed by atoms with Crippen molar-refractivity contribution < 1.29 is 9.59 Å². The van der Waals surface area contributed by atoms with Crippen LogP contribution in [0.5, 0.6) is 0 Å². The predicted octanol–water partition coefficient (Wildman–Crippen LogP) is 2.57. The molecule has 0 bridgehead atoms. The normalized spacial score (nSPS) is 13.2. The van der Waals surface area contributed by atoms with E-state index < -0.39 is 0 Å². The SMILES string of the molecule is CCNC(=O)c1ccc(CNC(=O)c2[nH]cc3c2CCCC3)cc1. The molecule has 1 aromatic carbocycles. The Morgan fingerprint density at radius 2 is 1.79 bits per heavy atom. The van der Waals surface area contributed by atoms with E-state index in [2.05, 4.69) is 15.6 Å². The first-order valence-corrected chi connectivity index (χ1v) is 8.53. The number of fused-ring (bicyclic) bond motifs is 1. The Balaban J connectivity index is 1.60. The third-order valence-corrected chi connectivity index (χ3v) is 4.44. The molecule has 2 amide bonds. The molecule has 0 radical (unpaired) electrons. The number of aromatic amines is 1. The lowest BCUT2D eigenvalue weighted by Crippen LogP contribution is -2.25. The van der Waals surface area contributed by atoms with Crippen molar-refractivity contribution in [1.29, 1.82) is 0 Å². The Kier molecular flexibility index (Phi) is 4.99. The van der Waals surface area contributed by atoms with Gasteiger partial charge in [-0.15, -0.1) is 0 Å². The van der Waals surface area contributed by atoms with E-state index in [9.17, 15) is 9.59 Å². The van der Waals surface area contributed by atoms with Crippen molar-refractivity contribution in [3.63, 3.8) is 0 Å². The van der Waals surface area contributed by atoms with Gasteiger partial charge in [-0.3, -0.25) is 9.59 Å². The van der Waals surface area contributed by atoms with E-state index in [1.165, 1.54) is 17.5 Å². The van der Waals surface area contributed by atoms with Crippen LogP contribution in [-0.2, 0) is 19.4 Å². The third-order valence-electron chi connectivity index (χ3n) is 4.44. The van der Waals surface area contributed by atoms with Gasteiger partial charge in [0.05, 0.1) is 0 Å². The largest absolute Gasteiger partial charge is 0.357 e. The molecule has 0 saturated carbocycles. The number of hydrogen-bond acceptors (Lipinski definition) is 2. The Morgan fingerprint density at radius 3 is 2.54 bits per heavy atom. The van der Waals surface area contributed by atoms with E-state index in [0.29, 0.717) is 24.3 Å². The zero-order valence-corrected chi connectivity index (χ0v) is 13.9. The van der Waals surface area contributed by atoms with E-state index in [0.717, 1.165) is 24.8 Å². The second-order valence-electron chi connectivity index (χ2n) is 6.11. The molecule has 1 aromatic heterocycles. The van der Waals surface area contributed by atoms with Crippen LogP contribution in [0.3, 0.4) is 0 Å². The van der Waals surface area contributed by atoms with Gasteiger partial charge < -0.3 is 15.6 Å². The summed E-state index contributed by atoms with van der Waals surface area (Å²) in [6.45, 7) is 2.94. The monoisotopic (exact) mass is 325 g/mol. The first kappa shape index (κ1) is 16.3. The van der Waals surface area contributed by atoms with Crippen LogP contribution in [0.15, 0.2) is 30.5 Å². The fourth-order valence-corrected chi connectivity index (χ4v) is 3.13. The van der Waals surface area contributed by atoms with Crippen molar-refractivity contribution in [2.24, 2.45) is 0 Å². The lowest BCUT2D eigenvalue weighted by atomic mass is 9.93. The van der Waals surface area contributed by atoms with Crippen LogP contribution in [0.2, 0.25) is 0 Å². The lowest BCUT2D eigenvalue weighted by Gasteiger charge is -2.12. The standard InChI is InChI=1S/C19H23N3O2/c1-2-20-18(23)14-9-7-13(8-10-14)11-22-19(24)17-16-6-4-3-5-15(16)12-21-17/h7-10,12,21H,2-6,11H2,1H3,(H,20,23)(H,22,24). The van der Waals surface area contributed by atoms with Crippen LogP contribution in [0.25, 0.3) is 0 Å². The number of aryl methyl sites for hydroxylation is 1. The average molecular weight is 325 g/mol. The summed E-state index contributed by atoms with van der Waals surface area (Å²) in [5.41, 5.74) is 4.74. The van der Waals surface area contributed by atoms with E-state index in [-0.39, 0.29) is 11.8 Å². The smallest absolute Gasteiger partial charge is 0.268 e. The van der Waals surface area contributed by atoms with Crippen LogP contribution in [0, 0.1) is 0 Å². The van der Waals surface area contributed by atoms with Crippen molar-refractivity contribution in [2.45, 2.75) is 39.2 Å². The van der Waals surface area contributed by atoms with Gasteiger partial charge in [0.1, 0.15) is 5.69 Å². The number of H-pyrrole nitrogens is 1. The zero-order valence-electron chi connectivity index (χ0n) is 13.9. The van der Waals surface area contributed by atoms with Gasteiger partial charge in [0.25, 0.3) is 11.8 Å². The van der Waals surface area contributed by atoms with Gasteiger partial charge in [-0.1, -0.05) is 12.1 Å². The molecule has 0 saturated heterocycles. The van der Waals surface area contributed by atoms with Gasteiger partial charge in [0.15, 0.2) is 0 Å². The molecule has 0 aliphatic heterocycles. The molecule has 1 aliphatic rings. The highest BCUT2D eigenvalue weighted by Crippen LogP contribution is 2.24. The highest BCUT2D eigenvalue weighted by molar-refractivity contribution is 5.95. The molecule has 0 fully saturated rings. The summed E-state index contributed by atoms with van der Waals surface area (Å²) in [6.07, 6.45) is 6.34. The topological polar surface area (TPSA) is 74.0 Å². The lowest BCUT2D eigenvalue weighted by molar-refractivity contribution is 0.0940. The number of carbonyl (C=O) groups excluding carboxylic acids is 2. The number of rotatable bonds is 5. The van der Waals surface area contributed by atoms with Gasteiger partial charge in [0, 0.05) is 24.8 Å². The quantitative estimate of drug-likeness (QED) is 0.790. The van der Waals surface area contributed by atoms with E-state index in [1.54, 1.807) is 12.1 Å². The number of benzene rings is 1. The number of carbonyl (C=O) groups is 2. The van der Waals surface area contributed by atoms with Crippen molar-refractivity contribution in [1.82, 2.24) is 15.6 Å². The highest BCUT2D eigenvalue weighted by atomic mass is 16.2. The van der Waals surface area contributed by atoms with Gasteiger partial charge >= 0.3 is 0 Å². The highest BCUT2D eigenvalue weighted by Gasteiger charge is 2.19. The van der Waals surface area contributed by atoms with Crippen molar-refractivity contribution >= 4 is 11.8 Å². The minimum Gasteiger partial charge on any atom is -0.357 e. The Bertz CT molecular complexity index is 732. The zero-order chi connectivity index (χ0) is 16.9. The maximum absolute atomic E-state index is 12.4. The molecular formula is C19H23N3O2. The second kappa shape index (κ2) is 7.34. The molecule has 0 unspecified atom stereocenters. The molecule has 0 spiro atoms. The number of amides is 2. The minimum absolute atomic E-state index is 0.0639. The summed E-state index contributed by atoms with van der Waals surface area (Å²) in [5, 5.41) is 5.72. The third kappa shape index (κ3) is 3.50. The summed E-state index contributed by atoms with van der Waals surface area (Å²) >= 11 is 0. The van der Waals surface area contributed by atoms with Crippen molar-refractivity contribution in [3.05, 3.63) is 58.4 Å². The minimum atomic E-state index is -0.0777. The van der Waals surface area contributed by atoms with Crippen LogP contribution >= 0.6 is 0 Å². The Hall–Kier alpha value is -2.56. The maximum atomic E-state index is 12.4. The van der Waals surface area contributed by atoms with E-state index >= 15 is 0 Å². The Morgan fingerprint density at radius 1 is 1.04 bits per heavy atom. The van der Waals surface area contributed by atoms with Gasteiger partial charge in [-0.25, -0.2) is 0 Å². The molecule has 1 heterocycles. The van der Waals surface area contributed by atoms with Gasteiger partial charge in [0.2, 0.25) is 0 Å². The molecule has 0 atom stereocenters. The maximum Gasteiger partial charge on any atom is 0.268 e. The average Bonchev–Trinajstić information content (AvgIpc) is 3.04. The van der Waals surface area contributed by atoms with Gasteiger partial charge in [-0.05, 0) is 61.4 Å². The summed E-state index contributed by atoms with van der Waals surface area (Å²) in [4.78, 5) is 27.3. The molecule has 3 N–H and O–H groups in total. The van der Waals surface area contributed by atoms with Crippen LogP contribution < -0.4 is 10.6 Å². The Labute approximate surface area is 141 Å². The van der Waals surface area contributed by atoms with Crippen molar-refractivity contribution in [2.75, 3.05) is 6.54 Å². The molecule has 1 aliphatic carbocycles. The molecule has 5 nitrogen and oxygen atoms in total.